The second kappa shape index (κ2) is 6.82. The molecule has 0 atom stereocenters. The fourth-order valence-corrected chi connectivity index (χ4v) is 2.88. The van der Waals surface area contributed by atoms with Crippen molar-refractivity contribution < 1.29 is 9.18 Å². The quantitative estimate of drug-likeness (QED) is 0.744. The van der Waals surface area contributed by atoms with Crippen molar-refractivity contribution in [1.82, 2.24) is 9.78 Å². The van der Waals surface area contributed by atoms with Crippen LogP contribution in [-0.2, 0) is 6.54 Å². The summed E-state index contributed by atoms with van der Waals surface area (Å²) < 4.78 is 15.0. The number of halogens is 3. The van der Waals surface area contributed by atoms with Crippen molar-refractivity contribution in [2.45, 2.75) is 13.5 Å². The SMILES string of the molecule is CCn1nc(C(=O)Nc2ccc(Cl)cc2Cl)c(=O)c2cc(F)ccc21. The van der Waals surface area contributed by atoms with Crippen LogP contribution in [0.4, 0.5) is 10.1 Å². The Hall–Kier alpha value is -2.44. The van der Waals surface area contributed by atoms with Crippen LogP contribution >= 0.6 is 23.2 Å². The molecule has 8 heteroatoms. The summed E-state index contributed by atoms with van der Waals surface area (Å²) in [6.45, 7) is 2.21. The molecule has 25 heavy (non-hydrogen) atoms. The second-order valence-corrected chi connectivity index (χ2v) is 6.08. The highest BCUT2D eigenvalue weighted by Crippen LogP contribution is 2.25. The van der Waals surface area contributed by atoms with Crippen molar-refractivity contribution in [3.8, 4) is 0 Å². The number of nitrogens with one attached hydrogen (secondary N) is 1. The molecule has 0 spiro atoms. The molecule has 0 fully saturated rings. The number of carbonyl (C=O) groups excluding carboxylic acids is 1. The van der Waals surface area contributed by atoms with Gasteiger partial charge < -0.3 is 5.32 Å². The Morgan fingerprint density at radius 3 is 2.68 bits per heavy atom. The number of amides is 1. The molecular formula is C17H12Cl2FN3O2. The molecule has 0 radical (unpaired) electrons. The van der Waals surface area contributed by atoms with Crippen molar-refractivity contribution >= 4 is 45.7 Å². The summed E-state index contributed by atoms with van der Waals surface area (Å²) in [4.78, 5) is 25.1. The molecule has 1 heterocycles. The van der Waals surface area contributed by atoms with E-state index in [2.05, 4.69) is 10.4 Å². The molecule has 1 N–H and O–H groups in total. The number of hydrogen-bond acceptors (Lipinski definition) is 3. The number of rotatable bonds is 3. The topological polar surface area (TPSA) is 64.0 Å². The minimum Gasteiger partial charge on any atom is -0.319 e. The number of hydrogen-bond donors (Lipinski definition) is 1. The molecule has 0 unspecified atom stereocenters. The van der Waals surface area contributed by atoms with E-state index in [-0.39, 0.29) is 16.1 Å². The molecule has 1 amide bonds. The fraction of sp³-hybridized carbons (Fsp3) is 0.118. The summed E-state index contributed by atoms with van der Waals surface area (Å²) in [7, 11) is 0. The Balaban J connectivity index is 2.10. The molecule has 0 aliphatic carbocycles. The van der Waals surface area contributed by atoms with Crippen LogP contribution in [0.3, 0.4) is 0 Å². The highest BCUT2D eigenvalue weighted by molar-refractivity contribution is 6.36. The van der Waals surface area contributed by atoms with Gasteiger partial charge in [-0.3, -0.25) is 14.3 Å². The van der Waals surface area contributed by atoms with Crippen LogP contribution in [0.2, 0.25) is 10.0 Å². The lowest BCUT2D eigenvalue weighted by molar-refractivity contribution is 0.101. The van der Waals surface area contributed by atoms with E-state index in [1.54, 1.807) is 13.0 Å². The van der Waals surface area contributed by atoms with Gasteiger partial charge in [0.2, 0.25) is 5.43 Å². The normalized spacial score (nSPS) is 10.9. The van der Waals surface area contributed by atoms with Gasteiger partial charge in [0.15, 0.2) is 5.69 Å². The molecule has 0 aliphatic rings. The van der Waals surface area contributed by atoms with Gasteiger partial charge in [-0.15, -0.1) is 0 Å². The van der Waals surface area contributed by atoms with Gasteiger partial charge in [-0.1, -0.05) is 23.2 Å². The second-order valence-electron chi connectivity index (χ2n) is 5.23. The van der Waals surface area contributed by atoms with E-state index in [1.807, 2.05) is 0 Å². The number of benzene rings is 2. The van der Waals surface area contributed by atoms with Gasteiger partial charge >= 0.3 is 0 Å². The fourth-order valence-electron chi connectivity index (χ4n) is 2.42. The first kappa shape index (κ1) is 17.4. The third-order valence-corrected chi connectivity index (χ3v) is 4.16. The minimum absolute atomic E-state index is 0.0872. The number of nitrogens with zero attached hydrogens (tertiary/aromatic N) is 2. The van der Waals surface area contributed by atoms with Gasteiger partial charge in [-0.05, 0) is 43.3 Å². The molecule has 0 saturated carbocycles. The van der Waals surface area contributed by atoms with E-state index in [0.717, 1.165) is 6.07 Å². The monoisotopic (exact) mass is 379 g/mol. The molecule has 0 bridgehead atoms. The first-order valence-electron chi connectivity index (χ1n) is 7.37. The molecule has 0 aliphatic heterocycles. The van der Waals surface area contributed by atoms with Crippen molar-refractivity contribution in [2.24, 2.45) is 0 Å². The van der Waals surface area contributed by atoms with E-state index in [4.69, 9.17) is 23.2 Å². The molecule has 2 aromatic carbocycles. The van der Waals surface area contributed by atoms with Crippen molar-refractivity contribution in [1.29, 1.82) is 0 Å². The Morgan fingerprint density at radius 1 is 1.24 bits per heavy atom. The lowest BCUT2D eigenvalue weighted by Crippen LogP contribution is -2.27. The average Bonchev–Trinajstić information content (AvgIpc) is 2.58. The minimum atomic E-state index is -0.734. The molecule has 1 aromatic heterocycles. The van der Waals surface area contributed by atoms with Crippen molar-refractivity contribution in [3.63, 3.8) is 0 Å². The number of aromatic nitrogens is 2. The maximum absolute atomic E-state index is 13.5. The molecular weight excluding hydrogens is 368 g/mol. The zero-order valence-electron chi connectivity index (χ0n) is 13.0. The molecule has 3 rings (SSSR count). The van der Waals surface area contributed by atoms with Crippen LogP contribution in [0.15, 0.2) is 41.2 Å². The lowest BCUT2D eigenvalue weighted by Gasteiger charge is -2.11. The maximum atomic E-state index is 13.5. The zero-order chi connectivity index (χ0) is 18.1. The number of fused-ring (bicyclic) bond motifs is 1. The standard InChI is InChI=1S/C17H12Cl2FN3O2/c1-2-23-14-6-4-10(20)8-11(14)16(24)15(22-23)17(25)21-13-5-3-9(18)7-12(13)19/h3-8H,2H2,1H3,(H,21,25). The summed E-state index contributed by atoms with van der Waals surface area (Å²) in [6.07, 6.45) is 0. The predicted molar refractivity (Wildman–Crippen MR) is 96.1 cm³/mol. The Bertz CT molecular complexity index is 1050. The van der Waals surface area contributed by atoms with E-state index < -0.39 is 17.2 Å². The van der Waals surface area contributed by atoms with Crippen LogP contribution in [0.25, 0.3) is 10.9 Å². The van der Waals surface area contributed by atoms with Crippen LogP contribution in [0, 0.1) is 5.82 Å². The van der Waals surface area contributed by atoms with Crippen LogP contribution in [-0.4, -0.2) is 15.7 Å². The van der Waals surface area contributed by atoms with Crippen LogP contribution < -0.4 is 10.7 Å². The summed E-state index contributed by atoms with van der Waals surface area (Å²) in [6, 6.07) is 8.32. The summed E-state index contributed by atoms with van der Waals surface area (Å²) >= 11 is 11.8. The Labute approximate surface area is 152 Å². The summed E-state index contributed by atoms with van der Waals surface area (Å²) in [5, 5.41) is 7.34. The van der Waals surface area contributed by atoms with Crippen molar-refractivity contribution in [2.75, 3.05) is 5.32 Å². The third-order valence-electron chi connectivity index (χ3n) is 3.61. The van der Waals surface area contributed by atoms with Gasteiger partial charge in [-0.25, -0.2) is 4.39 Å². The van der Waals surface area contributed by atoms with Crippen LogP contribution in [0.1, 0.15) is 17.4 Å². The summed E-state index contributed by atoms with van der Waals surface area (Å²) in [5.41, 5.74) is -0.248. The zero-order valence-corrected chi connectivity index (χ0v) is 14.5. The highest BCUT2D eigenvalue weighted by Gasteiger charge is 2.18. The third kappa shape index (κ3) is 3.36. The van der Waals surface area contributed by atoms with Gasteiger partial charge in [0.1, 0.15) is 5.82 Å². The lowest BCUT2D eigenvalue weighted by atomic mass is 10.2. The Morgan fingerprint density at radius 2 is 2.00 bits per heavy atom. The summed E-state index contributed by atoms with van der Waals surface area (Å²) in [5.74, 6) is -1.30. The first-order chi connectivity index (χ1) is 11.9. The number of aryl methyl sites for hydroxylation is 1. The molecule has 0 saturated heterocycles. The van der Waals surface area contributed by atoms with E-state index in [9.17, 15) is 14.0 Å². The smallest absolute Gasteiger partial charge is 0.280 e. The molecule has 5 nitrogen and oxygen atoms in total. The van der Waals surface area contributed by atoms with Gasteiger partial charge in [0, 0.05) is 11.6 Å². The largest absolute Gasteiger partial charge is 0.319 e. The maximum Gasteiger partial charge on any atom is 0.280 e. The number of carbonyl (C=O) groups is 1. The highest BCUT2D eigenvalue weighted by atomic mass is 35.5. The average molecular weight is 380 g/mol. The van der Waals surface area contributed by atoms with E-state index in [0.29, 0.717) is 22.8 Å². The Kier molecular flexibility index (Phi) is 4.74. The number of anilines is 1. The van der Waals surface area contributed by atoms with E-state index in [1.165, 1.54) is 28.9 Å². The van der Waals surface area contributed by atoms with Crippen molar-refractivity contribution in [3.05, 3.63) is 68.2 Å². The van der Waals surface area contributed by atoms with Gasteiger partial charge in [-0.2, -0.15) is 5.10 Å². The van der Waals surface area contributed by atoms with Crippen LogP contribution in [0.5, 0.6) is 0 Å². The first-order valence-corrected chi connectivity index (χ1v) is 8.13. The van der Waals surface area contributed by atoms with E-state index >= 15 is 0 Å². The van der Waals surface area contributed by atoms with Gasteiger partial charge in [0.05, 0.1) is 21.6 Å². The molecule has 3 aromatic rings. The molecule has 128 valence electrons. The predicted octanol–water partition coefficient (Wildman–Crippen LogP) is 4.11. The van der Waals surface area contributed by atoms with Gasteiger partial charge in [0.25, 0.3) is 5.91 Å².